The van der Waals surface area contributed by atoms with E-state index in [9.17, 15) is 0 Å². The molecular weight excluding hydrogens is 358 g/mol. The van der Waals surface area contributed by atoms with E-state index in [1.54, 1.807) is 0 Å². The second-order valence-corrected chi connectivity index (χ2v) is 7.48. The maximum absolute atomic E-state index is 5.56. The highest BCUT2D eigenvalue weighted by Gasteiger charge is 2.30. The molecule has 4 heteroatoms. The van der Waals surface area contributed by atoms with Crippen molar-refractivity contribution in [3.05, 3.63) is 24.0 Å². The lowest BCUT2D eigenvalue weighted by Crippen LogP contribution is -2.34. The second-order valence-electron chi connectivity index (χ2n) is 7.48. The number of nitrogens with zero attached hydrogens (tertiary/aromatic N) is 3. The summed E-state index contributed by atoms with van der Waals surface area (Å²) in [4.78, 5) is 2.62. The van der Waals surface area contributed by atoms with Crippen molar-refractivity contribution in [3.63, 3.8) is 0 Å². The smallest absolute Gasteiger partial charge is 0.0895 e. The molecule has 1 aliphatic heterocycles. The summed E-state index contributed by atoms with van der Waals surface area (Å²) in [6.45, 7) is 22.6. The lowest BCUT2D eigenvalue weighted by atomic mass is 9.99. The number of aromatic nitrogens is 2. The molecule has 2 fully saturated rings. The molecule has 1 aliphatic carbocycles. The summed E-state index contributed by atoms with van der Waals surface area (Å²) in [6.07, 6.45) is 10.1. The highest BCUT2D eigenvalue weighted by Crippen LogP contribution is 2.36. The van der Waals surface area contributed by atoms with E-state index in [4.69, 9.17) is 9.84 Å². The van der Waals surface area contributed by atoms with E-state index in [1.807, 2.05) is 33.8 Å². The fourth-order valence-electron chi connectivity index (χ4n) is 3.74. The molecule has 2 aliphatic rings. The standard InChI is InChI=1S/C21H33N3O.2C2H6/c1-5-16(4)24-20(7-3)21(19(6-2)22-24)23(14-17-8-9-17)15-18-10-12-25-13-11-18;2*1-2/h5,7,17-18H,3,6,8-15H2,1-2,4H3;2*1-2H3/b16-5-;;. The Labute approximate surface area is 180 Å². The molecule has 0 amide bonds. The van der Waals surface area contributed by atoms with E-state index in [2.05, 4.69) is 43.0 Å². The number of rotatable bonds is 8. The fourth-order valence-corrected chi connectivity index (χ4v) is 3.74. The summed E-state index contributed by atoms with van der Waals surface area (Å²) < 4.78 is 7.64. The average Bonchev–Trinajstić information content (AvgIpc) is 3.53. The molecule has 0 aromatic carbocycles. The number of hydrogen-bond acceptors (Lipinski definition) is 3. The Balaban J connectivity index is 0.000000989. The van der Waals surface area contributed by atoms with E-state index in [-0.39, 0.29) is 0 Å². The zero-order valence-electron chi connectivity index (χ0n) is 20.1. The van der Waals surface area contributed by atoms with Crippen LogP contribution in [0.25, 0.3) is 11.8 Å². The summed E-state index contributed by atoms with van der Waals surface area (Å²) in [5.74, 6) is 1.58. The van der Waals surface area contributed by atoms with Gasteiger partial charge in [0.2, 0.25) is 0 Å². The zero-order valence-corrected chi connectivity index (χ0v) is 20.1. The molecule has 3 rings (SSSR count). The van der Waals surface area contributed by atoms with Crippen LogP contribution in [-0.2, 0) is 11.2 Å². The molecule has 1 aromatic heterocycles. The van der Waals surface area contributed by atoms with Gasteiger partial charge >= 0.3 is 0 Å². The van der Waals surface area contributed by atoms with Crippen molar-refractivity contribution >= 4 is 17.5 Å². The molecule has 0 atom stereocenters. The van der Waals surface area contributed by atoms with Crippen LogP contribution in [0.3, 0.4) is 0 Å². The quantitative estimate of drug-likeness (QED) is 0.486. The minimum absolute atomic E-state index is 0.723. The fraction of sp³-hybridized carbons (Fsp3) is 0.720. The summed E-state index contributed by atoms with van der Waals surface area (Å²) >= 11 is 0. The van der Waals surface area contributed by atoms with Gasteiger partial charge in [-0.25, -0.2) is 4.68 Å². The average molecular weight is 404 g/mol. The van der Waals surface area contributed by atoms with E-state index >= 15 is 0 Å². The van der Waals surface area contributed by atoms with Crippen molar-refractivity contribution in [2.75, 3.05) is 31.2 Å². The van der Waals surface area contributed by atoms with Crippen LogP contribution < -0.4 is 4.90 Å². The van der Waals surface area contributed by atoms with Gasteiger partial charge in [0.25, 0.3) is 0 Å². The Kier molecular flexibility index (Phi) is 12.0. The molecule has 166 valence electrons. The molecular formula is C25H45N3O. The SMILES string of the molecule is C=Cc1c(N(CC2CCOCC2)CC2CC2)c(CC)nn1/C(C)=C\C.CC.CC. The first-order chi connectivity index (χ1) is 14.2. The van der Waals surface area contributed by atoms with Gasteiger partial charge in [-0.15, -0.1) is 0 Å². The van der Waals surface area contributed by atoms with Crippen molar-refractivity contribution < 1.29 is 4.74 Å². The Morgan fingerprint density at radius 1 is 1.10 bits per heavy atom. The number of hydrogen-bond donors (Lipinski definition) is 0. The lowest BCUT2D eigenvalue weighted by Gasteiger charge is -2.32. The van der Waals surface area contributed by atoms with Gasteiger partial charge in [0.1, 0.15) is 0 Å². The first-order valence-electron chi connectivity index (χ1n) is 11.9. The minimum Gasteiger partial charge on any atom is -0.381 e. The lowest BCUT2D eigenvalue weighted by molar-refractivity contribution is 0.0681. The first-order valence-corrected chi connectivity index (χ1v) is 11.9. The topological polar surface area (TPSA) is 30.3 Å². The van der Waals surface area contributed by atoms with Crippen molar-refractivity contribution in [3.8, 4) is 0 Å². The Bertz CT molecular complexity index is 622. The van der Waals surface area contributed by atoms with Crippen molar-refractivity contribution in [1.29, 1.82) is 0 Å². The van der Waals surface area contributed by atoms with Crippen molar-refractivity contribution in [2.45, 2.75) is 80.6 Å². The predicted octanol–water partition coefficient (Wildman–Crippen LogP) is 6.66. The van der Waals surface area contributed by atoms with E-state index < -0.39 is 0 Å². The molecule has 0 N–H and O–H groups in total. The van der Waals surface area contributed by atoms with E-state index in [0.717, 1.165) is 56.0 Å². The second kappa shape index (κ2) is 13.6. The molecule has 29 heavy (non-hydrogen) atoms. The third kappa shape index (κ3) is 7.02. The van der Waals surface area contributed by atoms with Gasteiger partial charge in [-0.2, -0.15) is 5.10 Å². The zero-order chi connectivity index (χ0) is 21.8. The molecule has 4 nitrogen and oxygen atoms in total. The number of ether oxygens (including phenoxy) is 1. The number of anilines is 1. The van der Waals surface area contributed by atoms with Crippen LogP contribution in [0.2, 0.25) is 0 Å². The van der Waals surface area contributed by atoms with Gasteiger partial charge in [0.15, 0.2) is 0 Å². The Hall–Kier alpha value is -1.55. The van der Waals surface area contributed by atoms with Crippen LogP contribution in [0.1, 0.15) is 85.5 Å². The number of allylic oxidation sites excluding steroid dienone is 2. The van der Waals surface area contributed by atoms with Crippen LogP contribution in [0.4, 0.5) is 5.69 Å². The van der Waals surface area contributed by atoms with Gasteiger partial charge in [0, 0.05) is 32.0 Å². The van der Waals surface area contributed by atoms with Gasteiger partial charge in [-0.05, 0) is 63.9 Å². The molecule has 2 heterocycles. The van der Waals surface area contributed by atoms with Gasteiger partial charge < -0.3 is 9.64 Å². The molecule has 0 bridgehead atoms. The van der Waals surface area contributed by atoms with Crippen LogP contribution in [0.15, 0.2) is 12.7 Å². The summed E-state index contributed by atoms with van der Waals surface area (Å²) in [5, 5.41) is 4.92. The summed E-state index contributed by atoms with van der Waals surface area (Å²) in [7, 11) is 0. The van der Waals surface area contributed by atoms with Crippen molar-refractivity contribution in [2.24, 2.45) is 11.8 Å². The van der Waals surface area contributed by atoms with Crippen LogP contribution in [0, 0.1) is 11.8 Å². The first kappa shape index (κ1) is 25.5. The molecule has 0 radical (unpaired) electrons. The van der Waals surface area contributed by atoms with Crippen molar-refractivity contribution in [1.82, 2.24) is 9.78 Å². The maximum atomic E-state index is 5.56. The summed E-state index contributed by atoms with van der Waals surface area (Å²) in [5.41, 5.74) is 4.83. The molecule has 1 aromatic rings. The molecule has 0 spiro atoms. The third-order valence-corrected chi connectivity index (χ3v) is 5.56. The maximum Gasteiger partial charge on any atom is 0.0895 e. The normalized spacial score (nSPS) is 17.0. The Morgan fingerprint density at radius 2 is 1.66 bits per heavy atom. The number of aryl methyl sites for hydroxylation is 1. The monoisotopic (exact) mass is 403 g/mol. The predicted molar refractivity (Wildman–Crippen MR) is 128 cm³/mol. The van der Waals surface area contributed by atoms with Crippen LogP contribution in [0.5, 0.6) is 0 Å². The van der Waals surface area contributed by atoms with Crippen LogP contribution in [-0.4, -0.2) is 36.1 Å². The molecule has 1 saturated heterocycles. The Morgan fingerprint density at radius 3 is 2.10 bits per heavy atom. The minimum atomic E-state index is 0.723. The van der Waals surface area contributed by atoms with E-state index in [0.29, 0.717) is 0 Å². The van der Waals surface area contributed by atoms with E-state index in [1.165, 1.54) is 37.1 Å². The van der Waals surface area contributed by atoms with Gasteiger partial charge in [-0.3, -0.25) is 0 Å². The highest BCUT2D eigenvalue weighted by atomic mass is 16.5. The van der Waals surface area contributed by atoms with Gasteiger partial charge in [-0.1, -0.05) is 47.3 Å². The highest BCUT2D eigenvalue weighted by molar-refractivity contribution is 5.70. The van der Waals surface area contributed by atoms with Gasteiger partial charge in [0.05, 0.1) is 17.1 Å². The third-order valence-electron chi connectivity index (χ3n) is 5.56. The largest absolute Gasteiger partial charge is 0.381 e. The van der Waals surface area contributed by atoms with Crippen LogP contribution >= 0.6 is 0 Å². The molecule has 1 saturated carbocycles. The summed E-state index contributed by atoms with van der Waals surface area (Å²) in [6, 6.07) is 0. The molecule has 0 unspecified atom stereocenters.